The Balaban J connectivity index is 2.83. The standard InChI is InChI=1S/C27H42NOPS/c1-20-16-12-13-17-21(20)24(28(11)31(29)27(8,9)10)22-18-14-15-19-23(22)30(25(2,3)4)26(5,6)7/h12-19,24H,1-11H3. The van der Waals surface area contributed by atoms with Crippen molar-refractivity contribution in [2.75, 3.05) is 7.05 Å². The Hall–Kier alpha value is -1.02. The Kier molecular flexibility index (Phi) is 8.00. The van der Waals surface area contributed by atoms with E-state index in [1.165, 1.54) is 22.0 Å². The van der Waals surface area contributed by atoms with Gasteiger partial charge in [0.15, 0.2) is 0 Å². The lowest BCUT2D eigenvalue weighted by Gasteiger charge is -2.44. The molecule has 0 saturated heterocycles. The van der Waals surface area contributed by atoms with Gasteiger partial charge >= 0.3 is 0 Å². The van der Waals surface area contributed by atoms with E-state index in [0.717, 1.165) is 0 Å². The van der Waals surface area contributed by atoms with Crippen LogP contribution in [-0.4, -0.2) is 30.6 Å². The molecule has 2 unspecified atom stereocenters. The first-order valence-electron chi connectivity index (χ1n) is 11.2. The van der Waals surface area contributed by atoms with Gasteiger partial charge in [-0.3, -0.25) is 0 Å². The smallest absolute Gasteiger partial charge is 0.100 e. The van der Waals surface area contributed by atoms with E-state index in [9.17, 15) is 4.21 Å². The highest BCUT2D eigenvalue weighted by molar-refractivity contribution is 7.84. The molecule has 0 N–H and O–H groups in total. The SMILES string of the molecule is Cc1ccccc1C(c1ccccc1P(C(C)(C)C)C(C)(C)C)N(C)S(=O)C(C)(C)C. The summed E-state index contributed by atoms with van der Waals surface area (Å²) >= 11 is 0. The van der Waals surface area contributed by atoms with Crippen LogP contribution in [0, 0.1) is 6.92 Å². The molecule has 2 aromatic carbocycles. The topological polar surface area (TPSA) is 20.3 Å². The molecule has 0 aromatic heterocycles. The second-order valence-electron chi connectivity index (χ2n) is 11.4. The molecule has 0 radical (unpaired) electrons. The van der Waals surface area contributed by atoms with Crippen molar-refractivity contribution in [3.63, 3.8) is 0 Å². The summed E-state index contributed by atoms with van der Waals surface area (Å²) in [6, 6.07) is 17.4. The molecule has 2 aromatic rings. The van der Waals surface area contributed by atoms with Crippen LogP contribution in [-0.2, 0) is 11.0 Å². The van der Waals surface area contributed by atoms with Crippen molar-refractivity contribution in [3.8, 4) is 0 Å². The third kappa shape index (κ3) is 6.06. The quantitative estimate of drug-likeness (QED) is 0.434. The Morgan fingerprint density at radius 2 is 1.23 bits per heavy atom. The summed E-state index contributed by atoms with van der Waals surface area (Å²) in [7, 11) is 0.386. The molecule has 0 aliphatic carbocycles. The third-order valence-electron chi connectivity index (χ3n) is 5.45. The molecular formula is C27H42NOPS. The van der Waals surface area contributed by atoms with Crippen molar-refractivity contribution < 1.29 is 4.21 Å². The Morgan fingerprint density at radius 1 is 0.774 bits per heavy atom. The molecule has 0 spiro atoms. The zero-order valence-electron chi connectivity index (χ0n) is 21.4. The van der Waals surface area contributed by atoms with Gasteiger partial charge in [0.05, 0.1) is 10.8 Å². The highest BCUT2D eigenvalue weighted by Crippen LogP contribution is 2.59. The molecule has 0 bridgehead atoms. The van der Waals surface area contributed by atoms with E-state index < -0.39 is 18.9 Å². The second-order valence-corrected chi connectivity index (χ2v) is 17.5. The maximum absolute atomic E-state index is 13.6. The first kappa shape index (κ1) is 26.2. The second kappa shape index (κ2) is 9.46. The maximum Gasteiger partial charge on any atom is 0.100 e. The third-order valence-corrected chi connectivity index (χ3v) is 10.8. The minimum absolute atomic E-state index is 0.0628. The van der Waals surface area contributed by atoms with Gasteiger partial charge in [0, 0.05) is 7.05 Å². The van der Waals surface area contributed by atoms with E-state index in [-0.39, 0.29) is 21.1 Å². The van der Waals surface area contributed by atoms with Gasteiger partial charge in [-0.1, -0.05) is 98.0 Å². The van der Waals surface area contributed by atoms with Crippen molar-refractivity contribution >= 4 is 24.2 Å². The van der Waals surface area contributed by atoms with E-state index in [1.807, 2.05) is 7.05 Å². The highest BCUT2D eigenvalue weighted by atomic mass is 32.2. The first-order valence-corrected chi connectivity index (χ1v) is 13.6. The summed E-state index contributed by atoms with van der Waals surface area (Å²) < 4.78 is 15.3. The van der Waals surface area contributed by atoms with Crippen molar-refractivity contribution in [2.45, 2.75) is 90.3 Å². The molecule has 0 amide bonds. The van der Waals surface area contributed by atoms with Crippen LogP contribution in [0.4, 0.5) is 0 Å². The van der Waals surface area contributed by atoms with Crippen molar-refractivity contribution in [1.82, 2.24) is 4.31 Å². The highest BCUT2D eigenvalue weighted by Gasteiger charge is 2.39. The molecule has 4 heteroatoms. The molecule has 0 fully saturated rings. The fraction of sp³-hybridized carbons (Fsp3) is 0.556. The minimum atomic E-state index is -1.14. The van der Waals surface area contributed by atoms with Crippen LogP contribution in [0.5, 0.6) is 0 Å². The number of hydrogen-bond acceptors (Lipinski definition) is 1. The van der Waals surface area contributed by atoms with Crippen LogP contribution < -0.4 is 5.30 Å². The van der Waals surface area contributed by atoms with Crippen LogP contribution in [0.3, 0.4) is 0 Å². The lowest BCUT2D eigenvalue weighted by Crippen LogP contribution is -2.40. The van der Waals surface area contributed by atoms with Crippen molar-refractivity contribution in [1.29, 1.82) is 0 Å². The monoisotopic (exact) mass is 459 g/mol. The Morgan fingerprint density at radius 3 is 1.68 bits per heavy atom. The largest absolute Gasteiger partial charge is 0.242 e. The summed E-state index contributed by atoms with van der Waals surface area (Å²) in [5, 5.41) is 1.73. The van der Waals surface area contributed by atoms with E-state index in [1.54, 1.807) is 0 Å². The van der Waals surface area contributed by atoms with E-state index in [0.29, 0.717) is 0 Å². The summed E-state index contributed by atoms with van der Waals surface area (Å²) in [6.45, 7) is 22.5. The van der Waals surface area contributed by atoms with Crippen molar-refractivity contribution in [3.05, 3.63) is 65.2 Å². The van der Waals surface area contributed by atoms with Gasteiger partial charge in [0.25, 0.3) is 0 Å². The van der Waals surface area contributed by atoms with Gasteiger partial charge in [-0.25, -0.2) is 8.51 Å². The molecule has 0 heterocycles. The first-order chi connectivity index (χ1) is 14.1. The molecule has 31 heavy (non-hydrogen) atoms. The van der Waals surface area contributed by atoms with Gasteiger partial charge in [0.1, 0.15) is 11.0 Å². The van der Waals surface area contributed by atoms with E-state index in [4.69, 9.17) is 0 Å². The van der Waals surface area contributed by atoms with Crippen LogP contribution in [0.1, 0.15) is 85.0 Å². The average molecular weight is 460 g/mol. The molecule has 2 rings (SSSR count). The molecule has 2 nitrogen and oxygen atoms in total. The zero-order valence-corrected chi connectivity index (χ0v) is 23.1. The Bertz CT molecular complexity index is 904. The summed E-state index contributed by atoms with van der Waals surface area (Å²) in [5.41, 5.74) is 3.75. The van der Waals surface area contributed by atoms with Gasteiger partial charge in [-0.15, -0.1) is 0 Å². The van der Waals surface area contributed by atoms with E-state index >= 15 is 0 Å². The summed E-state index contributed by atoms with van der Waals surface area (Å²) in [4.78, 5) is 0. The Labute approximate surface area is 195 Å². The normalized spacial score (nSPS) is 15.4. The zero-order chi connectivity index (χ0) is 23.8. The lowest BCUT2D eigenvalue weighted by atomic mass is 9.95. The molecule has 0 aliphatic rings. The summed E-state index contributed by atoms with van der Waals surface area (Å²) in [5.74, 6) is 0. The van der Waals surface area contributed by atoms with Crippen LogP contribution in [0.25, 0.3) is 0 Å². The van der Waals surface area contributed by atoms with E-state index in [2.05, 4.69) is 122 Å². The molecular weight excluding hydrogens is 417 g/mol. The summed E-state index contributed by atoms with van der Waals surface area (Å²) in [6.07, 6.45) is 0. The average Bonchev–Trinajstić information content (AvgIpc) is 2.61. The predicted molar refractivity (Wildman–Crippen MR) is 141 cm³/mol. The molecule has 0 saturated carbocycles. The van der Waals surface area contributed by atoms with Crippen LogP contribution in [0.2, 0.25) is 0 Å². The maximum atomic E-state index is 13.6. The number of benzene rings is 2. The lowest BCUT2D eigenvalue weighted by molar-refractivity contribution is 0.440. The van der Waals surface area contributed by atoms with Crippen LogP contribution in [0.15, 0.2) is 48.5 Å². The van der Waals surface area contributed by atoms with Gasteiger partial charge in [0.2, 0.25) is 0 Å². The van der Waals surface area contributed by atoms with Gasteiger partial charge in [-0.05, 0) is 60.0 Å². The molecule has 172 valence electrons. The minimum Gasteiger partial charge on any atom is -0.242 e. The predicted octanol–water partition coefficient (Wildman–Crippen LogP) is 7.18. The fourth-order valence-corrected chi connectivity index (χ4v) is 10.1. The van der Waals surface area contributed by atoms with Crippen molar-refractivity contribution in [2.24, 2.45) is 0 Å². The van der Waals surface area contributed by atoms with Gasteiger partial charge in [-0.2, -0.15) is 0 Å². The number of nitrogens with zero attached hydrogens (tertiary/aromatic N) is 1. The molecule has 2 atom stereocenters. The number of rotatable bonds is 5. The fourth-order valence-electron chi connectivity index (χ4n) is 4.63. The number of aryl methyl sites for hydroxylation is 1. The van der Waals surface area contributed by atoms with Crippen LogP contribution >= 0.6 is 7.92 Å². The molecule has 0 aliphatic heterocycles. The number of hydrogen-bond donors (Lipinski definition) is 0. The van der Waals surface area contributed by atoms with Gasteiger partial charge < -0.3 is 0 Å².